The molecule has 0 aliphatic carbocycles. The topological polar surface area (TPSA) is 43.8 Å². The van der Waals surface area contributed by atoms with Crippen LogP contribution in [0.2, 0.25) is 0 Å². The first-order valence-electron chi connectivity index (χ1n) is 10.5. The minimum Gasteiger partial charge on any atom is -0.383 e. The molecule has 0 radical (unpaired) electrons. The molecule has 1 spiro atoms. The molecule has 2 aliphatic rings. The van der Waals surface area contributed by atoms with Crippen molar-refractivity contribution in [2.45, 2.75) is 70.6 Å². The van der Waals surface area contributed by atoms with Gasteiger partial charge in [0.25, 0.3) is 5.91 Å². The monoisotopic (exact) mass is 394 g/mol. The molecule has 0 bridgehead atoms. The summed E-state index contributed by atoms with van der Waals surface area (Å²) in [4.78, 5) is 16.7. The molecule has 6 heteroatoms. The van der Waals surface area contributed by atoms with E-state index in [4.69, 9.17) is 0 Å². The van der Waals surface area contributed by atoms with Crippen LogP contribution in [-0.4, -0.2) is 52.1 Å². The summed E-state index contributed by atoms with van der Waals surface area (Å²) in [5.41, 5.74) is 0.322. The van der Waals surface area contributed by atoms with E-state index in [1.807, 2.05) is 13.8 Å². The van der Waals surface area contributed by atoms with Crippen LogP contribution >= 0.6 is 0 Å². The number of aliphatic hydroxyl groups excluding tert-OH is 1. The van der Waals surface area contributed by atoms with Crippen molar-refractivity contribution in [2.24, 2.45) is 5.92 Å². The SMILES string of the molecule is CC(C)C[C@H](O)C(=O)N1CCC[C@]2(CCCN2Cc2cc(F)ccc2F)CC1. The molecule has 1 aromatic rings. The molecule has 0 saturated carbocycles. The van der Waals surface area contributed by atoms with Gasteiger partial charge in [-0.25, -0.2) is 8.78 Å². The number of carbonyl (C=O) groups excluding carboxylic acids is 1. The summed E-state index contributed by atoms with van der Waals surface area (Å²) in [6.45, 7) is 6.51. The predicted molar refractivity (Wildman–Crippen MR) is 105 cm³/mol. The largest absolute Gasteiger partial charge is 0.383 e. The van der Waals surface area contributed by atoms with E-state index >= 15 is 0 Å². The molecule has 2 saturated heterocycles. The fourth-order valence-electron chi connectivity index (χ4n) is 4.83. The van der Waals surface area contributed by atoms with Crippen LogP contribution in [0.4, 0.5) is 8.78 Å². The van der Waals surface area contributed by atoms with Crippen LogP contribution < -0.4 is 0 Å². The van der Waals surface area contributed by atoms with Crippen molar-refractivity contribution < 1.29 is 18.7 Å². The number of carbonyl (C=O) groups is 1. The van der Waals surface area contributed by atoms with Crippen LogP contribution in [0.5, 0.6) is 0 Å². The third-order valence-electron chi connectivity index (χ3n) is 6.32. The minimum atomic E-state index is -0.935. The summed E-state index contributed by atoms with van der Waals surface area (Å²) in [5.74, 6) is -0.692. The molecular weight excluding hydrogens is 362 g/mol. The standard InChI is InChI=1S/C22H32F2N2O2/c1-16(2)13-20(27)21(28)25-10-3-7-22(9-12-25)8-4-11-26(22)15-17-14-18(23)5-6-19(17)24/h5-6,14,16,20,27H,3-4,7-13,15H2,1-2H3/t20-,22-/m0/s1. The summed E-state index contributed by atoms with van der Waals surface area (Å²) >= 11 is 0. The second-order valence-corrected chi connectivity index (χ2v) is 8.81. The maximum absolute atomic E-state index is 14.1. The van der Waals surface area contributed by atoms with Crippen LogP contribution in [0.3, 0.4) is 0 Å². The van der Waals surface area contributed by atoms with E-state index in [9.17, 15) is 18.7 Å². The van der Waals surface area contributed by atoms with Crippen molar-refractivity contribution in [1.82, 2.24) is 9.80 Å². The van der Waals surface area contributed by atoms with Crippen molar-refractivity contribution >= 4 is 5.91 Å². The van der Waals surface area contributed by atoms with Gasteiger partial charge in [0.2, 0.25) is 0 Å². The average Bonchev–Trinajstić information content (AvgIpc) is 2.88. The van der Waals surface area contributed by atoms with Crippen molar-refractivity contribution in [3.8, 4) is 0 Å². The van der Waals surface area contributed by atoms with Gasteiger partial charge in [-0.2, -0.15) is 0 Å². The van der Waals surface area contributed by atoms with Crippen LogP contribution in [0.15, 0.2) is 18.2 Å². The van der Waals surface area contributed by atoms with Gasteiger partial charge in [-0.1, -0.05) is 13.8 Å². The highest BCUT2D eigenvalue weighted by Crippen LogP contribution is 2.39. The Morgan fingerprint density at radius 2 is 1.86 bits per heavy atom. The molecule has 3 rings (SSSR count). The molecular formula is C22H32F2N2O2. The predicted octanol–water partition coefficient (Wildman–Crippen LogP) is 3.72. The zero-order chi connectivity index (χ0) is 20.3. The lowest BCUT2D eigenvalue weighted by Gasteiger charge is -2.38. The fourth-order valence-corrected chi connectivity index (χ4v) is 4.83. The number of halogens is 2. The zero-order valence-electron chi connectivity index (χ0n) is 17.0. The third-order valence-corrected chi connectivity index (χ3v) is 6.32. The van der Waals surface area contributed by atoms with Crippen LogP contribution in [0.25, 0.3) is 0 Å². The normalized spacial score (nSPS) is 24.7. The molecule has 2 atom stereocenters. The smallest absolute Gasteiger partial charge is 0.251 e. The molecule has 1 aromatic carbocycles. The van der Waals surface area contributed by atoms with E-state index in [1.165, 1.54) is 12.1 Å². The van der Waals surface area contributed by atoms with Crippen LogP contribution in [-0.2, 0) is 11.3 Å². The molecule has 0 aromatic heterocycles. The third kappa shape index (κ3) is 4.71. The number of hydrogen-bond donors (Lipinski definition) is 1. The van der Waals surface area contributed by atoms with E-state index in [0.29, 0.717) is 31.6 Å². The van der Waals surface area contributed by atoms with Gasteiger partial charge in [-0.15, -0.1) is 0 Å². The maximum Gasteiger partial charge on any atom is 0.251 e. The second kappa shape index (κ2) is 8.87. The Kier molecular flexibility index (Phi) is 6.71. The van der Waals surface area contributed by atoms with E-state index in [0.717, 1.165) is 44.7 Å². The Hall–Kier alpha value is -1.53. The first-order valence-corrected chi connectivity index (χ1v) is 10.5. The molecule has 2 heterocycles. The summed E-state index contributed by atoms with van der Waals surface area (Å²) < 4.78 is 27.7. The minimum absolute atomic E-state index is 0.0726. The highest BCUT2D eigenvalue weighted by molar-refractivity contribution is 5.80. The number of benzene rings is 1. The van der Waals surface area contributed by atoms with E-state index in [1.54, 1.807) is 4.90 Å². The van der Waals surface area contributed by atoms with Gasteiger partial charge in [0.1, 0.15) is 17.7 Å². The summed E-state index contributed by atoms with van der Waals surface area (Å²) in [5, 5.41) is 10.2. The Bertz CT molecular complexity index is 697. The lowest BCUT2D eigenvalue weighted by Crippen LogP contribution is -2.45. The highest BCUT2D eigenvalue weighted by atomic mass is 19.1. The van der Waals surface area contributed by atoms with Crippen molar-refractivity contribution in [2.75, 3.05) is 19.6 Å². The molecule has 28 heavy (non-hydrogen) atoms. The van der Waals surface area contributed by atoms with Gasteiger partial charge in [0.05, 0.1) is 0 Å². The zero-order valence-corrected chi connectivity index (χ0v) is 17.0. The molecule has 2 fully saturated rings. The maximum atomic E-state index is 14.1. The number of hydrogen-bond acceptors (Lipinski definition) is 3. The van der Waals surface area contributed by atoms with E-state index < -0.39 is 11.9 Å². The van der Waals surface area contributed by atoms with Gasteiger partial charge < -0.3 is 10.0 Å². The Morgan fingerprint density at radius 1 is 1.14 bits per heavy atom. The molecule has 156 valence electrons. The first-order chi connectivity index (χ1) is 13.3. The van der Waals surface area contributed by atoms with Gasteiger partial charge >= 0.3 is 0 Å². The summed E-state index contributed by atoms with van der Waals surface area (Å²) in [6, 6.07) is 3.63. The highest BCUT2D eigenvalue weighted by Gasteiger charge is 2.42. The van der Waals surface area contributed by atoms with Crippen LogP contribution in [0.1, 0.15) is 57.9 Å². The van der Waals surface area contributed by atoms with Crippen molar-refractivity contribution in [1.29, 1.82) is 0 Å². The number of nitrogens with zero attached hydrogens (tertiary/aromatic N) is 2. The van der Waals surface area contributed by atoms with Crippen LogP contribution in [0, 0.1) is 17.6 Å². The molecule has 0 unspecified atom stereocenters. The first kappa shape index (κ1) is 21.2. The summed E-state index contributed by atoms with van der Waals surface area (Å²) in [6.07, 6.45) is 4.20. The fraction of sp³-hybridized carbons (Fsp3) is 0.682. The Labute approximate surface area is 166 Å². The molecule has 1 amide bonds. The van der Waals surface area contributed by atoms with Crippen molar-refractivity contribution in [3.63, 3.8) is 0 Å². The number of likely N-dealkylation sites (tertiary alicyclic amines) is 2. The van der Waals surface area contributed by atoms with Gasteiger partial charge in [0, 0.05) is 30.7 Å². The summed E-state index contributed by atoms with van der Waals surface area (Å²) in [7, 11) is 0. The quantitative estimate of drug-likeness (QED) is 0.828. The number of amides is 1. The average molecular weight is 395 g/mol. The molecule has 1 N–H and O–H groups in total. The van der Waals surface area contributed by atoms with Crippen molar-refractivity contribution in [3.05, 3.63) is 35.4 Å². The Balaban J connectivity index is 1.68. The van der Waals surface area contributed by atoms with Gasteiger partial charge in [0.15, 0.2) is 0 Å². The molecule has 4 nitrogen and oxygen atoms in total. The van der Waals surface area contributed by atoms with E-state index in [-0.39, 0.29) is 23.2 Å². The lowest BCUT2D eigenvalue weighted by molar-refractivity contribution is -0.141. The van der Waals surface area contributed by atoms with Gasteiger partial charge in [-0.3, -0.25) is 9.69 Å². The van der Waals surface area contributed by atoms with Gasteiger partial charge in [-0.05, 0) is 69.2 Å². The second-order valence-electron chi connectivity index (χ2n) is 8.81. The lowest BCUT2D eigenvalue weighted by atomic mass is 9.87. The number of aliphatic hydroxyl groups is 1. The van der Waals surface area contributed by atoms with E-state index in [2.05, 4.69) is 4.90 Å². The molecule has 2 aliphatic heterocycles. The number of rotatable bonds is 5. The Morgan fingerprint density at radius 3 is 2.57 bits per heavy atom.